The number of esters is 1. The van der Waals surface area contributed by atoms with Crippen molar-refractivity contribution < 1.29 is 19.0 Å². The molecule has 0 unspecified atom stereocenters. The monoisotopic (exact) mass is 318 g/mol. The number of rotatable bonds is 4. The molecule has 0 saturated carbocycles. The van der Waals surface area contributed by atoms with Gasteiger partial charge in [0.1, 0.15) is 19.8 Å². The lowest BCUT2D eigenvalue weighted by Crippen LogP contribution is -2.15. The van der Waals surface area contributed by atoms with Gasteiger partial charge in [-0.15, -0.1) is 0 Å². The molecule has 0 saturated heterocycles. The Bertz CT molecular complexity index is 667. The van der Waals surface area contributed by atoms with E-state index >= 15 is 0 Å². The summed E-state index contributed by atoms with van der Waals surface area (Å²) < 4.78 is 16.2. The standard InChI is InChI=1S/C17H15ClO4/c18-14-4-1-12(2-5-14)11-22-17(19)10-13-3-6-15-16(9-13)21-8-7-20-15/h1-6,9H,7-8,10-11H2. The molecule has 0 radical (unpaired) electrons. The van der Waals surface area contributed by atoms with Gasteiger partial charge in [-0.2, -0.15) is 0 Å². The molecule has 0 spiro atoms. The van der Waals surface area contributed by atoms with Crippen molar-refractivity contribution in [3.8, 4) is 11.5 Å². The minimum Gasteiger partial charge on any atom is -0.486 e. The Hall–Kier alpha value is -2.20. The molecule has 0 amide bonds. The van der Waals surface area contributed by atoms with Crippen LogP contribution in [-0.2, 0) is 22.6 Å². The summed E-state index contributed by atoms with van der Waals surface area (Å²) in [6.45, 7) is 1.31. The zero-order valence-electron chi connectivity index (χ0n) is 11.9. The van der Waals surface area contributed by atoms with E-state index < -0.39 is 0 Å². The molecule has 5 heteroatoms. The molecule has 2 aromatic carbocycles. The number of benzene rings is 2. The highest BCUT2D eigenvalue weighted by atomic mass is 35.5. The first kappa shape index (κ1) is 14.7. The second-order valence-electron chi connectivity index (χ2n) is 4.94. The van der Waals surface area contributed by atoms with Crippen LogP contribution in [0.4, 0.5) is 0 Å². The van der Waals surface area contributed by atoms with E-state index in [1.165, 1.54) is 0 Å². The topological polar surface area (TPSA) is 44.8 Å². The van der Waals surface area contributed by atoms with Crippen LogP contribution in [0.15, 0.2) is 42.5 Å². The average Bonchev–Trinajstić information content (AvgIpc) is 2.54. The van der Waals surface area contributed by atoms with Crippen LogP contribution in [0, 0.1) is 0 Å². The molecular formula is C17H15ClO4. The Labute approximate surface area is 133 Å². The van der Waals surface area contributed by atoms with E-state index in [2.05, 4.69) is 0 Å². The van der Waals surface area contributed by atoms with Gasteiger partial charge >= 0.3 is 5.97 Å². The molecule has 2 aromatic rings. The van der Waals surface area contributed by atoms with Crippen molar-refractivity contribution in [2.75, 3.05) is 13.2 Å². The first-order valence-corrected chi connectivity index (χ1v) is 7.37. The number of hydrogen-bond acceptors (Lipinski definition) is 4. The zero-order chi connectivity index (χ0) is 15.4. The maximum Gasteiger partial charge on any atom is 0.310 e. The van der Waals surface area contributed by atoms with Crippen molar-refractivity contribution in [3.05, 3.63) is 58.6 Å². The highest BCUT2D eigenvalue weighted by Crippen LogP contribution is 2.30. The molecule has 0 atom stereocenters. The predicted octanol–water partition coefficient (Wildman–Crippen LogP) is 3.40. The van der Waals surface area contributed by atoms with Gasteiger partial charge in [-0.3, -0.25) is 4.79 Å². The van der Waals surface area contributed by atoms with Crippen molar-refractivity contribution in [2.45, 2.75) is 13.0 Å². The average molecular weight is 319 g/mol. The van der Waals surface area contributed by atoms with E-state index in [1.807, 2.05) is 30.3 Å². The summed E-state index contributed by atoms with van der Waals surface area (Å²) >= 11 is 5.81. The van der Waals surface area contributed by atoms with Crippen molar-refractivity contribution in [2.24, 2.45) is 0 Å². The number of fused-ring (bicyclic) bond motifs is 1. The summed E-state index contributed by atoms with van der Waals surface area (Å²) in [6.07, 6.45) is 0.199. The van der Waals surface area contributed by atoms with Gasteiger partial charge in [0.25, 0.3) is 0 Å². The quantitative estimate of drug-likeness (QED) is 0.811. The van der Waals surface area contributed by atoms with Crippen LogP contribution in [0.3, 0.4) is 0 Å². The fourth-order valence-electron chi connectivity index (χ4n) is 2.16. The van der Waals surface area contributed by atoms with Crippen LogP contribution < -0.4 is 9.47 Å². The lowest BCUT2D eigenvalue weighted by atomic mass is 10.1. The Morgan fingerprint density at radius 1 is 1.00 bits per heavy atom. The van der Waals surface area contributed by atoms with Crippen molar-refractivity contribution in [1.82, 2.24) is 0 Å². The minimum atomic E-state index is -0.286. The summed E-state index contributed by atoms with van der Waals surface area (Å²) in [5, 5.41) is 0.659. The summed E-state index contributed by atoms with van der Waals surface area (Å²) in [7, 11) is 0. The number of carbonyl (C=O) groups is 1. The van der Waals surface area contributed by atoms with Gasteiger partial charge in [0.2, 0.25) is 0 Å². The van der Waals surface area contributed by atoms with E-state index in [-0.39, 0.29) is 19.0 Å². The van der Waals surface area contributed by atoms with Crippen molar-refractivity contribution >= 4 is 17.6 Å². The Balaban J connectivity index is 1.56. The van der Waals surface area contributed by atoms with E-state index in [0.29, 0.717) is 29.7 Å². The summed E-state index contributed by atoms with van der Waals surface area (Å²) in [4.78, 5) is 11.9. The second kappa shape index (κ2) is 6.71. The minimum absolute atomic E-state index is 0.199. The molecule has 0 aliphatic carbocycles. The predicted molar refractivity (Wildman–Crippen MR) is 82.4 cm³/mol. The Morgan fingerprint density at radius 2 is 1.68 bits per heavy atom. The third-order valence-electron chi connectivity index (χ3n) is 3.27. The van der Waals surface area contributed by atoms with Crippen LogP contribution in [0.25, 0.3) is 0 Å². The SMILES string of the molecule is O=C(Cc1ccc2c(c1)OCCO2)OCc1ccc(Cl)cc1. The van der Waals surface area contributed by atoms with Crippen LogP contribution in [0.2, 0.25) is 5.02 Å². The molecular weight excluding hydrogens is 304 g/mol. The van der Waals surface area contributed by atoms with Gasteiger partial charge < -0.3 is 14.2 Å². The van der Waals surface area contributed by atoms with Crippen LogP contribution in [0.1, 0.15) is 11.1 Å². The number of halogens is 1. The second-order valence-corrected chi connectivity index (χ2v) is 5.38. The molecule has 22 heavy (non-hydrogen) atoms. The largest absolute Gasteiger partial charge is 0.486 e. The first-order valence-electron chi connectivity index (χ1n) is 6.99. The van der Waals surface area contributed by atoms with Gasteiger partial charge in [0, 0.05) is 5.02 Å². The van der Waals surface area contributed by atoms with E-state index in [1.54, 1.807) is 12.1 Å². The molecule has 3 rings (SSSR count). The van der Waals surface area contributed by atoms with Gasteiger partial charge in [0.15, 0.2) is 11.5 Å². The third kappa shape index (κ3) is 3.71. The smallest absolute Gasteiger partial charge is 0.310 e. The number of carbonyl (C=O) groups excluding carboxylic acids is 1. The highest BCUT2D eigenvalue weighted by molar-refractivity contribution is 6.30. The Morgan fingerprint density at radius 3 is 2.45 bits per heavy atom. The molecule has 0 fully saturated rings. The highest BCUT2D eigenvalue weighted by Gasteiger charge is 2.13. The van der Waals surface area contributed by atoms with Crippen LogP contribution >= 0.6 is 11.6 Å². The molecule has 1 aliphatic rings. The van der Waals surface area contributed by atoms with Crippen LogP contribution in [-0.4, -0.2) is 19.2 Å². The maximum atomic E-state index is 11.9. The van der Waals surface area contributed by atoms with Crippen molar-refractivity contribution in [1.29, 1.82) is 0 Å². The number of hydrogen-bond donors (Lipinski definition) is 0. The fraction of sp³-hybridized carbons (Fsp3) is 0.235. The fourth-order valence-corrected chi connectivity index (χ4v) is 2.29. The third-order valence-corrected chi connectivity index (χ3v) is 3.52. The van der Waals surface area contributed by atoms with E-state index in [0.717, 1.165) is 11.1 Å². The molecule has 1 aliphatic heterocycles. The lowest BCUT2D eigenvalue weighted by Gasteiger charge is -2.18. The first-order chi connectivity index (χ1) is 10.7. The van der Waals surface area contributed by atoms with Gasteiger partial charge in [-0.1, -0.05) is 29.8 Å². The molecule has 4 nitrogen and oxygen atoms in total. The Kier molecular flexibility index (Phi) is 4.49. The molecule has 0 bridgehead atoms. The molecule has 1 heterocycles. The van der Waals surface area contributed by atoms with Crippen LogP contribution in [0.5, 0.6) is 11.5 Å². The summed E-state index contributed by atoms with van der Waals surface area (Å²) in [6, 6.07) is 12.7. The van der Waals surface area contributed by atoms with Gasteiger partial charge in [0.05, 0.1) is 6.42 Å². The van der Waals surface area contributed by atoms with E-state index in [4.69, 9.17) is 25.8 Å². The van der Waals surface area contributed by atoms with Gasteiger partial charge in [-0.25, -0.2) is 0 Å². The molecule has 0 aromatic heterocycles. The van der Waals surface area contributed by atoms with E-state index in [9.17, 15) is 4.79 Å². The number of ether oxygens (including phenoxy) is 3. The summed E-state index contributed by atoms with van der Waals surface area (Å²) in [5.74, 6) is 1.10. The van der Waals surface area contributed by atoms with Gasteiger partial charge in [-0.05, 0) is 35.4 Å². The maximum absolute atomic E-state index is 11.9. The molecule has 0 N–H and O–H groups in total. The van der Waals surface area contributed by atoms with Crippen molar-refractivity contribution in [3.63, 3.8) is 0 Å². The lowest BCUT2D eigenvalue weighted by molar-refractivity contribution is -0.144. The summed E-state index contributed by atoms with van der Waals surface area (Å²) in [5.41, 5.74) is 1.74. The normalized spacial score (nSPS) is 12.8. The zero-order valence-corrected chi connectivity index (χ0v) is 12.6. The molecule has 114 valence electrons.